The third-order valence-electron chi connectivity index (χ3n) is 0.897. The zero-order valence-corrected chi connectivity index (χ0v) is 13.9. The van der Waals surface area contributed by atoms with Gasteiger partial charge in [0, 0.05) is 19.5 Å². The van der Waals surface area contributed by atoms with Crippen molar-refractivity contribution in [1.82, 2.24) is 0 Å². The molecule has 0 aromatic rings. The van der Waals surface area contributed by atoms with Gasteiger partial charge >= 0.3 is 0 Å². The van der Waals surface area contributed by atoms with Crippen molar-refractivity contribution in [3.05, 3.63) is 0 Å². The smallest absolute Gasteiger partial charge is 0.253 e. The monoisotopic (exact) mass is 302 g/mol. The fourth-order valence-corrected chi connectivity index (χ4v) is 0.572. The Bertz CT molecular complexity index is 153. The van der Waals surface area contributed by atoms with E-state index in [0.717, 1.165) is 12.8 Å². The van der Waals surface area contributed by atoms with E-state index in [9.17, 15) is 0 Å². The second kappa shape index (κ2) is 16.4. The van der Waals surface area contributed by atoms with Gasteiger partial charge in [0.2, 0.25) is 0 Å². The molecule has 0 fully saturated rings. The number of ether oxygens (including phenoxy) is 2. The molecule has 0 aromatic heterocycles. The summed E-state index contributed by atoms with van der Waals surface area (Å²) in [6, 6.07) is 0. The molecule has 15 heavy (non-hydrogen) atoms. The van der Waals surface area contributed by atoms with Crippen molar-refractivity contribution >= 4 is 34.8 Å². The van der Waals surface area contributed by atoms with E-state index in [-0.39, 0.29) is 29.8 Å². The van der Waals surface area contributed by atoms with E-state index in [4.69, 9.17) is 20.9 Å². The predicted molar refractivity (Wildman–Crippen MR) is 66.1 cm³/mol. The summed E-state index contributed by atoms with van der Waals surface area (Å²) in [6.07, 6.45) is 1.91. The van der Waals surface area contributed by atoms with Crippen LogP contribution in [0.15, 0.2) is 0 Å². The van der Waals surface area contributed by atoms with E-state index >= 15 is 0 Å². The van der Waals surface area contributed by atoms with Crippen molar-refractivity contribution in [3.8, 4) is 0 Å². The van der Waals surface area contributed by atoms with Crippen molar-refractivity contribution in [2.24, 2.45) is 11.5 Å². The van der Waals surface area contributed by atoms with Crippen LogP contribution in [0.4, 0.5) is 0 Å². The number of thiocarbonyl (C=S) groups is 2. The van der Waals surface area contributed by atoms with Gasteiger partial charge in [-0.05, 0) is 37.3 Å². The minimum absolute atomic E-state index is 0. The van der Waals surface area contributed by atoms with Gasteiger partial charge in [0.25, 0.3) is 10.3 Å². The molecule has 0 aromatic carbocycles. The van der Waals surface area contributed by atoms with Gasteiger partial charge in [-0.15, -0.1) is 0 Å². The first-order chi connectivity index (χ1) is 6.54. The third kappa shape index (κ3) is 31.5. The number of rotatable bonds is 4. The van der Waals surface area contributed by atoms with Crippen LogP contribution in [-0.2, 0) is 29.0 Å². The van der Waals surface area contributed by atoms with Crippen molar-refractivity contribution in [2.45, 2.75) is 26.7 Å². The maximum atomic E-state index is 4.99. The van der Waals surface area contributed by atoms with E-state index in [1.807, 2.05) is 13.8 Å². The molecular weight excluding hydrogens is 286 g/mol. The maximum absolute atomic E-state index is 4.99. The van der Waals surface area contributed by atoms with Crippen molar-refractivity contribution in [3.63, 3.8) is 0 Å². The van der Waals surface area contributed by atoms with Crippen LogP contribution in [0.2, 0.25) is 0 Å². The first kappa shape index (κ1) is 20.4. The molecule has 0 amide bonds. The summed E-state index contributed by atoms with van der Waals surface area (Å²) in [4.78, 5) is 0. The van der Waals surface area contributed by atoms with Gasteiger partial charge in [-0.2, -0.15) is 0 Å². The first-order valence-corrected chi connectivity index (χ1v) is 5.20. The summed E-state index contributed by atoms with van der Waals surface area (Å²) < 4.78 is 9.40. The van der Waals surface area contributed by atoms with Gasteiger partial charge in [-0.1, -0.05) is 13.8 Å². The van der Waals surface area contributed by atoms with Gasteiger partial charge in [0.15, 0.2) is 0 Å². The molecular formula is C8H18N2O2S2Zn. The average molecular weight is 304 g/mol. The zero-order chi connectivity index (χ0) is 11.4. The van der Waals surface area contributed by atoms with Crippen LogP contribution in [0, 0.1) is 0 Å². The molecule has 0 bridgehead atoms. The largest absolute Gasteiger partial charge is 0.471 e. The predicted octanol–water partition coefficient (Wildman–Crippen LogP) is 1.31. The summed E-state index contributed by atoms with van der Waals surface area (Å²) in [7, 11) is 0. The zero-order valence-electron chi connectivity index (χ0n) is 9.32. The summed E-state index contributed by atoms with van der Waals surface area (Å²) in [5.74, 6) is 0. The molecule has 0 heterocycles. The summed E-state index contributed by atoms with van der Waals surface area (Å²) >= 11 is 8.83. The molecule has 0 saturated heterocycles. The van der Waals surface area contributed by atoms with Gasteiger partial charge in [0.05, 0.1) is 13.2 Å². The van der Waals surface area contributed by atoms with Crippen LogP contribution in [-0.4, -0.2) is 23.6 Å². The summed E-state index contributed by atoms with van der Waals surface area (Å²) in [6.45, 7) is 5.27. The summed E-state index contributed by atoms with van der Waals surface area (Å²) in [5, 5.41) is 0.281. The average Bonchev–Trinajstić information content (AvgIpc) is 2.12. The Morgan fingerprint density at radius 2 is 1.20 bits per heavy atom. The minimum atomic E-state index is 0. The number of hydrogen-bond donors (Lipinski definition) is 2. The Morgan fingerprint density at radius 3 is 1.27 bits per heavy atom. The normalized spacial score (nSPS) is 7.60. The molecule has 0 unspecified atom stereocenters. The third-order valence-corrected chi connectivity index (χ3v) is 1.13. The van der Waals surface area contributed by atoms with Crippen LogP contribution in [0.5, 0.6) is 0 Å². The Morgan fingerprint density at radius 1 is 0.933 bits per heavy atom. The summed E-state index contributed by atoms with van der Waals surface area (Å²) in [5.41, 5.74) is 9.98. The molecule has 86 valence electrons. The fourth-order valence-electron chi connectivity index (χ4n) is 0.405. The Labute approximate surface area is 115 Å². The van der Waals surface area contributed by atoms with E-state index < -0.39 is 0 Å². The van der Waals surface area contributed by atoms with Gasteiger partial charge < -0.3 is 20.9 Å². The van der Waals surface area contributed by atoms with Crippen LogP contribution in [0.3, 0.4) is 0 Å². The fraction of sp³-hybridized carbons (Fsp3) is 0.750. The molecule has 0 rings (SSSR count). The van der Waals surface area contributed by atoms with Crippen LogP contribution in [0.25, 0.3) is 0 Å². The van der Waals surface area contributed by atoms with E-state index in [2.05, 4.69) is 24.4 Å². The molecule has 7 heteroatoms. The van der Waals surface area contributed by atoms with Crippen molar-refractivity contribution in [1.29, 1.82) is 0 Å². The second-order valence-electron chi connectivity index (χ2n) is 2.33. The van der Waals surface area contributed by atoms with Crippen LogP contribution < -0.4 is 11.5 Å². The van der Waals surface area contributed by atoms with Crippen LogP contribution in [0.1, 0.15) is 26.7 Å². The van der Waals surface area contributed by atoms with Crippen LogP contribution >= 0.6 is 24.4 Å². The Kier molecular flexibility index (Phi) is 22.4. The molecule has 0 aliphatic rings. The van der Waals surface area contributed by atoms with Crippen molar-refractivity contribution in [2.75, 3.05) is 13.2 Å². The first-order valence-electron chi connectivity index (χ1n) is 4.39. The molecule has 0 spiro atoms. The SMILES string of the molecule is CCCOC(N)=S.CCCOC(N)=S.[Zn]. The van der Waals surface area contributed by atoms with Crippen molar-refractivity contribution < 1.29 is 29.0 Å². The van der Waals surface area contributed by atoms with Gasteiger partial charge in [-0.25, -0.2) is 0 Å². The topological polar surface area (TPSA) is 70.5 Å². The number of nitrogens with two attached hydrogens (primary N) is 2. The minimum Gasteiger partial charge on any atom is -0.471 e. The quantitative estimate of drug-likeness (QED) is 0.603. The standard InChI is InChI=1S/2C4H9NOS.Zn/c2*1-2-3-6-4(5)7;/h2*2-3H2,1H3,(H2,5,7);. The maximum Gasteiger partial charge on any atom is 0.253 e. The second-order valence-corrected chi connectivity index (χ2v) is 3.14. The molecule has 4 N–H and O–H groups in total. The Hall–Kier alpha value is 0.00338. The van der Waals surface area contributed by atoms with E-state index in [0.29, 0.717) is 13.2 Å². The molecule has 0 aliphatic carbocycles. The van der Waals surface area contributed by atoms with Gasteiger partial charge in [-0.3, -0.25) is 0 Å². The molecule has 0 atom stereocenters. The molecule has 0 aliphatic heterocycles. The molecule has 4 nitrogen and oxygen atoms in total. The molecule has 0 radical (unpaired) electrons. The van der Waals surface area contributed by atoms with E-state index in [1.54, 1.807) is 0 Å². The number of hydrogen-bond acceptors (Lipinski definition) is 4. The molecule has 0 saturated carbocycles. The van der Waals surface area contributed by atoms with E-state index in [1.165, 1.54) is 0 Å². The Balaban J connectivity index is -0.000000180. The van der Waals surface area contributed by atoms with Gasteiger partial charge in [0.1, 0.15) is 0 Å².